The highest BCUT2D eigenvalue weighted by Gasteiger charge is 2.22. The summed E-state index contributed by atoms with van der Waals surface area (Å²) >= 11 is 12.2. The summed E-state index contributed by atoms with van der Waals surface area (Å²) in [4.78, 5) is 24.5. The lowest BCUT2D eigenvalue weighted by molar-refractivity contribution is 0.204. The van der Waals surface area contributed by atoms with Gasteiger partial charge in [-0.25, -0.2) is 14.8 Å². The van der Waals surface area contributed by atoms with Crippen LogP contribution >= 0.6 is 23.2 Å². The van der Waals surface area contributed by atoms with E-state index < -0.39 is 6.03 Å². The monoisotopic (exact) mass is 401 g/mol. The molecule has 2 amide bonds. The van der Waals surface area contributed by atoms with E-state index in [0.29, 0.717) is 42.2 Å². The third kappa shape index (κ3) is 3.63. The second-order valence-electron chi connectivity index (χ2n) is 6.35. The van der Waals surface area contributed by atoms with Gasteiger partial charge in [0.05, 0.1) is 11.2 Å². The molecule has 6 nitrogen and oxygen atoms in total. The molecule has 0 unspecified atom stereocenters. The molecule has 0 spiro atoms. The van der Waals surface area contributed by atoms with Crippen LogP contribution in [-0.2, 0) is 0 Å². The second kappa shape index (κ2) is 7.21. The van der Waals surface area contributed by atoms with E-state index in [0.717, 1.165) is 22.2 Å². The van der Waals surface area contributed by atoms with E-state index in [4.69, 9.17) is 38.9 Å². The number of benzene rings is 2. The van der Waals surface area contributed by atoms with Gasteiger partial charge in [-0.15, -0.1) is 0 Å². The first-order chi connectivity index (χ1) is 13.0. The van der Waals surface area contributed by atoms with Crippen LogP contribution in [0.5, 0.6) is 0 Å². The summed E-state index contributed by atoms with van der Waals surface area (Å²) in [6, 6.07) is 12.7. The number of aromatic nitrogens is 2. The molecule has 0 saturated carbocycles. The molecule has 1 aliphatic heterocycles. The molecule has 8 heteroatoms. The van der Waals surface area contributed by atoms with E-state index >= 15 is 0 Å². The molecule has 3 aromatic rings. The molecule has 1 aliphatic rings. The number of amides is 2. The summed E-state index contributed by atoms with van der Waals surface area (Å²) in [7, 11) is 0. The largest absolute Gasteiger partial charge is 0.351 e. The van der Waals surface area contributed by atoms with E-state index in [1.807, 2.05) is 42.5 Å². The van der Waals surface area contributed by atoms with Crippen molar-refractivity contribution in [3.05, 3.63) is 52.5 Å². The Balaban J connectivity index is 1.78. The Bertz CT molecular complexity index is 1000. The van der Waals surface area contributed by atoms with Gasteiger partial charge < -0.3 is 15.5 Å². The van der Waals surface area contributed by atoms with Gasteiger partial charge in [0.25, 0.3) is 0 Å². The lowest BCUT2D eigenvalue weighted by Gasteiger charge is -2.34. The Hall–Kier alpha value is -2.57. The van der Waals surface area contributed by atoms with E-state index in [1.165, 1.54) is 0 Å². The van der Waals surface area contributed by atoms with Crippen LogP contribution in [0.15, 0.2) is 42.5 Å². The molecule has 2 aromatic carbocycles. The van der Waals surface area contributed by atoms with Crippen LogP contribution < -0.4 is 10.6 Å². The van der Waals surface area contributed by atoms with E-state index in [1.54, 1.807) is 4.90 Å². The Morgan fingerprint density at radius 3 is 2.26 bits per heavy atom. The highest BCUT2D eigenvalue weighted by atomic mass is 35.5. The number of fused-ring (bicyclic) bond motifs is 1. The van der Waals surface area contributed by atoms with Gasteiger partial charge in [0.1, 0.15) is 0 Å². The van der Waals surface area contributed by atoms with Crippen molar-refractivity contribution in [1.29, 1.82) is 0 Å². The molecular formula is C19H17Cl2N5O. The Kier molecular flexibility index (Phi) is 4.76. The van der Waals surface area contributed by atoms with Gasteiger partial charge in [0.2, 0.25) is 5.95 Å². The van der Waals surface area contributed by atoms with Crippen LogP contribution in [0, 0.1) is 0 Å². The molecular weight excluding hydrogens is 385 g/mol. The van der Waals surface area contributed by atoms with Gasteiger partial charge in [-0.05, 0) is 30.3 Å². The van der Waals surface area contributed by atoms with Crippen molar-refractivity contribution in [3.8, 4) is 11.3 Å². The van der Waals surface area contributed by atoms with E-state index in [9.17, 15) is 4.79 Å². The summed E-state index contributed by atoms with van der Waals surface area (Å²) in [6.07, 6.45) is 0. The van der Waals surface area contributed by atoms with Gasteiger partial charge in [0, 0.05) is 47.2 Å². The van der Waals surface area contributed by atoms with Crippen LogP contribution in [0.4, 0.5) is 10.7 Å². The van der Waals surface area contributed by atoms with Crippen LogP contribution in [0.1, 0.15) is 0 Å². The SMILES string of the molecule is NC(=O)N1CCN(c2nc(-c3ccc(Cl)cc3)c3ccc(Cl)cc3n2)CC1. The number of halogens is 2. The summed E-state index contributed by atoms with van der Waals surface area (Å²) < 4.78 is 0. The van der Waals surface area contributed by atoms with Crippen LogP contribution in [0.25, 0.3) is 22.2 Å². The number of hydrogen-bond donors (Lipinski definition) is 1. The molecule has 2 heterocycles. The number of hydrogen-bond acceptors (Lipinski definition) is 4. The fraction of sp³-hybridized carbons (Fsp3) is 0.211. The lowest BCUT2D eigenvalue weighted by Crippen LogP contribution is -2.51. The molecule has 0 bridgehead atoms. The minimum atomic E-state index is -0.400. The molecule has 27 heavy (non-hydrogen) atoms. The number of urea groups is 1. The number of piperazine rings is 1. The van der Waals surface area contributed by atoms with Gasteiger partial charge in [-0.1, -0.05) is 35.3 Å². The molecule has 4 rings (SSSR count). The fourth-order valence-corrected chi connectivity index (χ4v) is 3.48. The minimum absolute atomic E-state index is 0.400. The van der Waals surface area contributed by atoms with Crippen molar-refractivity contribution in [3.63, 3.8) is 0 Å². The number of rotatable bonds is 2. The molecule has 1 fully saturated rings. The average Bonchev–Trinajstić information content (AvgIpc) is 2.67. The molecule has 0 atom stereocenters. The first kappa shape index (κ1) is 17.8. The van der Waals surface area contributed by atoms with Gasteiger partial charge in [-0.3, -0.25) is 0 Å². The Morgan fingerprint density at radius 2 is 1.59 bits per heavy atom. The van der Waals surface area contributed by atoms with Crippen molar-refractivity contribution in [2.75, 3.05) is 31.1 Å². The standard InChI is InChI=1S/C19H17Cl2N5O/c20-13-3-1-12(2-4-13)17-15-6-5-14(21)11-16(15)23-19(24-17)26-9-7-25(8-10-26)18(22)27/h1-6,11H,7-10H2,(H2,22,27). The van der Waals surface area contributed by atoms with Crippen molar-refractivity contribution < 1.29 is 4.79 Å². The second-order valence-corrected chi connectivity index (χ2v) is 7.23. The van der Waals surface area contributed by atoms with Gasteiger partial charge >= 0.3 is 6.03 Å². The van der Waals surface area contributed by atoms with Crippen LogP contribution in [-0.4, -0.2) is 47.1 Å². The van der Waals surface area contributed by atoms with Crippen molar-refractivity contribution in [2.45, 2.75) is 0 Å². The highest BCUT2D eigenvalue weighted by Crippen LogP contribution is 2.31. The predicted molar refractivity (Wildman–Crippen MR) is 108 cm³/mol. The number of anilines is 1. The zero-order valence-electron chi connectivity index (χ0n) is 14.4. The van der Waals surface area contributed by atoms with Gasteiger partial charge in [-0.2, -0.15) is 0 Å². The smallest absolute Gasteiger partial charge is 0.314 e. The molecule has 138 valence electrons. The van der Waals surface area contributed by atoms with Gasteiger partial charge in [0.15, 0.2) is 0 Å². The summed E-state index contributed by atoms with van der Waals surface area (Å²) in [6.45, 7) is 2.33. The molecule has 1 saturated heterocycles. The molecule has 0 aliphatic carbocycles. The zero-order valence-corrected chi connectivity index (χ0v) is 15.9. The average molecular weight is 402 g/mol. The number of primary amides is 1. The van der Waals surface area contributed by atoms with E-state index in [2.05, 4.69) is 4.90 Å². The number of nitrogens with zero attached hydrogens (tertiary/aromatic N) is 4. The predicted octanol–water partition coefficient (Wildman–Crippen LogP) is 3.80. The van der Waals surface area contributed by atoms with Crippen LogP contribution in [0.3, 0.4) is 0 Å². The van der Waals surface area contributed by atoms with E-state index in [-0.39, 0.29) is 0 Å². The molecule has 1 aromatic heterocycles. The van der Waals surface area contributed by atoms with Crippen molar-refractivity contribution in [1.82, 2.24) is 14.9 Å². The third-order valence-electron chi connectivity index (χ3n) is 4.64. The highest BCUT2D eigenvalue weighted by molar-refractivity contribution is 6.31. The third-order valence-corrected chi connectivity index (χ3v) is 5.13. The number of carbonyl (C=O) groups is 1. The maximum absolute atomic E-state index is 11.3. The Morgan fingerprint density at radius 1 is 0.926 bits per heavy atom. The number of nitrogens with two attached hydrogens (primary N) is 1. The summed E-state index contributed by atoms with van der Waals surface area (Å²) in [5.41, 5.74) is 7.91. The maximum atomic E-state index is 11.3. The quantitative estimate of drug-likeness (QED) is 0.708. The lowest BCUT2D eigenvalue weighted by atomic mass is 10.1. The summed E-state index contributed by atoms with van der Waals surface area (Å²) in [5, 5.41) is 2.21. The van der Waals surface area contributed by atoms with Crippen LogP contribution in [0.2, 0.25) is 10.0 Å². The fourth-order valence-electron chi connectivity index (χ4n) is 3.19. The first-order valence-electron chi connectivity index (χ1n) is 8.54. The molecule has 2 N–H and O–H groups in total. The normalized spacial score (nSPS) is 14.6. The maximum Gasteiger partial charge on any atom is 0.314 e. The van der Waals surface area contributed by atoms with Crippen molar-refractivity contribution in [2.24, 2.45) is 5.73 Å². The zero-order chi connectivity index (χ0) is 19.0. The first-order valence-corrected chi connectivity index (χ1v) is 9.29. The minimum Gasteiger partial charge on any atom is -0.351 e. The topological polar surface area (TPSA) is 75.4 Å². The summed E-state index contributed by atoms with van der Waals surface area (Å²) in [5.74, 6) is 0.610. The Labute approximate surface area is 166 Å². The van der Waals surface area contributed by atoms with Crippen molar-refractivity contribution >= 4 is 46.1 Å². The molecule has 0 radical (unpaired) electrons. The number of carbonyl (C=O) groups excluding carboxylic acids is 1.